The standard InChI is InChI=1S/C22H19N3O3/c1-3-27-17-11-7-5-9-14(17)18-15(12-23)21(24)28-20-13-8-4-6-10-16(13)25(2)22(26)19(18)20/h4-11,18H,3,24H2,1-2H3/t18-/m0/s1. The molecule has 1 aliphatic rings. The minimum Gasteiger partial charge on any atom is -0.494 e. The van der Waals surface area contributed by atoms with E-state index < -0.39 is 5.92 Å². The molecule has 0 unspecified atom stereocenters. The summed E-state index contributed by atoms with van der Waals surface area (Å²) in [5.41, 5.74) is 7.92. The van der Waals surface area contributed by atoms with Crippen LogP contribution in [-0.4, -0.2) is 11.2 Å². The van der Waals surface area contributed by atoms with Crippen LogP contribution in [0.2, 0.25) is 0 Å². The molecule has 2 N–H and O–H groups in total. The number of benzene rings is 2. The van der Waals surface area contributed by atoms with Crippen molar-refractivity contribution >= 4 is 10.9 Å². The number of allylic oxidation sites excluding steroid dienone is 1. The maximum Gasteiger partial charge on any atom is 0.258 e. The topological polar surface area (TPSA) is 90.3 Å². The van der Waals surface area contributed by atoms with Gasteiger partial charge in [-0.1, -0.05) is 30.3 Å². The third-order valence-electron chi connectivity index (χ3n) is 4.99. The van der Waals surface area contributed by atoms with Gasteiger partial charge in [-0.05, 0) is 25.1 Å². The van der Waals surface area contributed by atoms with Crippen LogP contribution < -0.4 is 20.8 Å². The van der Waals surface area contributed by atoms with Crippen LogP contribution in [0.4, 0.5) is 0 Å². The maximum absolute atomic E-state index is 13.3. The zero-order valence-corrected chi connectivity index (χ0v) is 15.6. The van der Waals surface area contributed by atoms with E-state index in [0.717, 1.165) is 10.9 Å². The smallest absolute Gasteiger partial charge is 0.258 e. The second-order valence-electron chi connectivity index (χ2n) is 6.52. The van der Waals surface area contributed by atoms with Crippen molar-refractivity contribution in [1.82, 2.24) is 4.57 Å². The summed E-state index contributed by atoms with van der Waals surface area (Å²) in [5, 5.41) is 10.6. The molecule has 4 rings (SSSR count). The molecule has 0 saturated heterocycles. The van der Waals surface area contributed by atoms with Gasteiger partial charge in [0.25, 0.3) is 5.56 Å². The number of ether oxygens (including phenoxy) is 2. The lowest BCUT2D eigenvalue weighted by atomic mass is 9.83. The molecule has 0 amide bonds. The van der Waals surface area contributed by atoms with E-state index in [0.29, 0.717) is 29.2 Å². The molecule has 0 saturated carbocycles. The van der Waals surface area contributed by atoms with E-state index in [1.807, 2.05) is 55.5 Å². The van der Waals surface area contributed by atoms with E-state index in [-0.39, 0.29) is 17.0 Å². The Balaban J connectivity index is 2.12. The summed E-state index contributed by atoms with van der Waals surface area (Å²) >= 11 is 0. The number of nitrogens with zero attached hydrogens (tertiary/aromatic N) is 2. The van der Waals surface area contributed by atoms with Gasteiger partial charge in [0.1, 0.15) is 23.1 Å². The highest BCUT2D eigenvalue weighted by Crippen LogP contribution is 2.45. The van der Waals surface area contributed by atoms with Crippen molar-refractivity contribution in [2.24, 2.45) is 12.8 Å². The minimum atomic E-state index is -0.667. The number of hydrogen-bond acceptors (Lipinski definition) is 5. The molecule has 6 heteroatoms. The summed E-state index contributed by atoms with van der Waals surface area (Å²) in [6, 6.07) is 17.0. The van der Waals surface area contributed by atoms with Crippen LogP contribution in [0.5, 0.6) is 11.5 Å². The van der Waals surface area contributed by atoms with Gasteiger partial charge in [-0.2, -0.15) is 5.26 Å². The first-order chi connectivity index (χ1) is 13.6. The van der Waals surface area contributed by atoms with Gasteiger partial charge in [-0.3, -0.25) is 4.79 Å². The molecule has 6 nitrogen and oxygen atoms in total. The van der Waals surface area contributed by atoms with Crippen LogP contribution in [0.15, 0.2) is 64.8 Å². The summed E-state index contributed by atoms with van der Waals surface area (Å²) in [6.07, 6.45) is 0. The van der Waals surface area contributed by atoms with Crippen LogP contribution in [-0.2, 0) is 7.05 Å². The first kappa shape index (κ1) is 17.7. The highest BCUT2D eigenvalue weighted by Gasteiger charge is 2.36. The summed E-state index contributed by atoms with van der Waals surface area (Å²) in [7, 11) is 1.71. The third kappa shape index (κ3) is 2.52. The predicted molar refractivity (Wildman–Crippen MR) is 106 cm³/mol. The van der Waals surface area contributed by atoms with Crippen LogP contribution in [0, 0.1) is 11.3 Å². The average Bonchev–Trinajstić information content (AvgIpc) is 2.72. The van der Waals surface area contributed by atoms with Crippen LogP contribution in [0.25, 0.3) is 10.9 Å². The number of pyridine rings is 1. The van der Waals surface area contributed by atoms with Crippen molar-refractivity contribution in [1.29, 1.82) is 5.26 Å². The molecule has 2 aromatic carbocycles. The second kappa shape index (κ2) is 6.78. The molecule has 1 aromatic heterocycles. The molecule has 28 heavy (non-hydrogen) atoms. The van der Waals surface area contributed by atoms with Gasteiger partial charge in [-0.15, -0.1) is 0 Å². The fourth-order valence-corrected chi connectivity index (χ4v) is 3.74. The summed E-state index contributed by atoms with van der Waals surface area (Å²) < 4.78 is 13.2. The number of hydrogen-bond donors (Lipinski definition) is 1. The van der Waals surface area contributed by atoms with Crippen molar-refractivity contribution in [3.05, 3.63) is 81.5 Å². The van der Waals surface area contributed by atoms with Crippen molar-refractivity contribution in [3.8, 4) is 17.6 Å². The third-order valence-corrected chi connectivity index (χ3v) is 4.99. The molecular weight excluding hydrogens is 354 g/mol. The Bertz CT molecular complexity index is 1220. The Kier molecular flexibility index (Phi) is 4.28. The number of para-hydroxylation sites is 2. The number of aromatic nitrogens is 1. The largest absolute Gasteiger partial charge is 0.494 e. The lowest BCUT2D eigenvalue weighted by Crippen LogP contribution is -2.31. The van der Waals surface area contributed by atoms with Gasteiger partial charge < -0.3 is 19.8 Å². The monoisotopic (exact) mass is 373 g/mol. The van der Waals surface area contributed by atoms with Gasteiger partial charge in [0, 0.05) is 18.0 Å². The molecule has 2 heterocycles. The fourth-order valence-electron chi connectivity index (χ4n) is 3.74. The highest BCUT2D eigenvalue weighted by molar-refractivity contribution is 5.88. The van der Waals surface area contributed by atoms with Crippen molar-refractivity contribution < 1.29 is 9.47 Å². The van der Waals surface area contributed by atoms with Crippen LogP contribution in [0.3, 0.4) is 0 Å². The molecular formula is C22H19N3O3. The van der Waals surface area contributed by atoms with E-state index in [9.17, 15) is 10.1 Å². The van der Waals surface area contributed by atoms with Crippen LogP contribution in [0.1, 0.15) is 24.0 Å². The van der Waals surface area contributed by atoms with Gasteiger partial charge in [0.2, 0.25) is 5.88 Å². The number of rotatable bonds is 3. The van der Waals surface area contributed by atoms with Crippen molar-refractivity contribution in [3.63, 3.8) is 0 Å². The molecule has 0 spiro atoms. The lowest BCUT2D eigenvalue weighted by Gasteiger charge is -2.28. The number of nitrogens with two attached hydrogens (primary N) is 1. The Labute approximate surface area is 162 Å². The van der Waals surface area contributed by atoms with Gasteiger partial charge in [0.15, 0.2) is 0 Å². The molecule has 0 radical (unpaired) electrons. The fraction of sp³-hybridized carbons (Fsp3) is 0.182. The van der Waals surface area contributed by atoms with E-state index >= 15 is 0 Å². The van der Waals surface area contributed by atoms with E-state index in [2.05, 4.69) is 6.07 Å². The second-order valence-corrected chi connectivity index (χ2v) is 6.52. The van der Waals surface area contributed by atoms with Crippen molar-refractivity contribution in [2.45, 2.75) is 12.8 Å². The summed E-state index contributed by atoms with van der Waals surface area (Å²) in [6.45, 7) is 2.35. The summed E-state index contributed by atoms with van der Waals surface area (Å²) in [5.74, 6) is 0.342. The number of nitriles is 1. The molecule has 3 aromatic rings. The highest BCUT2D eigenvalue weighted by atomic mass is 16.5. The first-order valence-corrected chi connectivity index (χ1v) is 8.99. The Morgan fingerprint density at radius 1 is 1.21 bits per heavy atom. The molecule has 0 fully saturated rings. The Morgan fingerprint density at radius 3 is 2.68 bits per heavy atom. The van der Waals surface area contributed by atoms with Crippen molar-refractivity contribution in [2.75, 3.05) is 6.61 Å². The molecule has 0 aliphatic carbocycles. The lowest BCUT2D eigenvalue weighted by molar-refractivity contribution is 0.334. The SMILES string of the molecule is CCOc1ccccc1[C@H]1C(C#N)=C(N)Oc2c1c(=O)n(C)c1ccccc21. The average molecular weight is 373 g/mol. The predicted octanol–water partition coefficient (Wildman–Crippen LogP) is 3.16. The van der Waals surface area contributed by atoms with E-state index in [1.54, 1.807) is 11.6 Å². The zero-order chi connectivity index (χ0) is 19.8. The van der Waals surface area contributed by atoms with E-state index in [4.69, 9.17) is 15.2 Å². The van der Waals surface area contributed by atoms with E-state index in [1.165, 1.54) is 0 Å². The van der Waals surface area contributed by atoms with Crippen LogP contribution >= 0.6 is 0 Å². The molecule has 0 bridgehead atoms. The minimum absolute atomic E-state index is 0.00436. The molecule has 1 atom stereocenters. The number of fused-ring (bicyclic) bond motifs is 3. The van der Waals surface area contributed by atoms with Gasteiger partial charge in [0.05, 0.1) is 23.6 Å². The van der Waals surface area contributed by atoms with Gasteiger partial charge >= 0.3 is 0 Å². The normalized spacial score (nSPS) is 15.7. The summed E-state index contributed by atoms with van der Waals surface area (Å²) in [4.78, 5) is 13.3. The maximum atomic E-state index is 13.3. The first-order valence-electron chi connectivity index (χ1n) is 8.99. The zero-order valence-electron chi connectivity index (χ0n) is 15.6. The Morgan fingerprint density at radius 2 is 1.93 bits per heavy atom. The van der Waals surface area contributed by atoms with Gasteiger partial charge in [-0.25, -0.2) is 0 Å². The molecule has 140 valence electrons. The Hall–Kier alpha value is -3.72. The number of aryl methyl sites for hydroxylation is 1. The quantitative estimate of drug-likeness (QED) is 0.762. The molecule has 1 aliphatic heterocycles.